The summed E-state index contributed by atoms with van der Waals surface area (Å²) in [5.74, 6) is 0. The van der Waals surface area contributed by atoms with E-state index in [1.807, 2.05) is 30.3 Å². The Balaban J connectivity index is 2.06. The van der Waals surface area contributed by atoms with Crippen molar-refractivity contribution in [1.82, 2.24) is 0 Å². The third-order valence-corrected chi connectivity index (χ3v) is 2.82. The van der Waals surface area contributed by atoms with Gasteiger partial charge < -0.3 is 0 Å². The highest BCUT2D eigenvalue weighted by Crippen LogP contribution is 2.13. The molecule has 2 aromatic carbocycles. The standard InChI is InChI=1S/C13H13NO2S/c15-17(16)14-13-8-6-12(7-9-13)10-11-4-2-1-3-5-11/h1-9,14H,10H2,(H,15,16). The fourth-order valence-corrected chi connectivity index (χ4v) is 1.96. The second kappa shape index (κ2) is 5.61. The Bertz CT molecular complexity index is 497. The molecule has 1 unspecified atom stereocenters. The molecule has 2 rings (SSSR count). The van der Waals surface area contributed by atoms with E-state index in [0.717, 1.165) is 6.42 Å². The predicted molar refractivity (Wildman–Crippen MR) is 70.1 cm³/mol. The molecule has 0 heterocycles. The molecule has 2 N–H and O–H groups in total. The highest BCUT2D eigenvalue weighted by Gasteiger charge is 1.98. The van der Waals surface area contributed by atoms with Crippen molar-refractivity contribution in [2.45, 2.75) is 6.42 Å². The van der Waals surface area contributed by atoms with Crippen LogP contribution < -0.4 is 4.72 Å². The minimum Gasteiger partial charge on any atom is -0.289 e. The number of hydrogen-bond acceptors (Lipinski definition) is 1. The van der Waals surface area contributed by atoms with Crippen molar-refractivity contribution < 1.29 is 8.76 Å². The van der Waals surface area contributed by atoms with Crippen molar-refractivity contribution in [2.75, 3.05) is 4.72 Å². The average molecular weight is 247 g/mol. The molecular weight excluding hydrogens is 234 g/mol. The van der Waals surface area contributed by atoms with Gasteiger partial charge in [0, 0.05) is 5.69 Å². The van der Waals surface area contributed by atoms with Crippen LogP contribution in [-0.2, 0) is 17.7 Å². The van der Waals surface area contributed by atoms with Crippen molar-refractivity contribution in [1.29, 1.82) is 0 Å². The molecule has 88 valence electrons. The molecular formula is C13H13NO2S. The van der Waals surface area contributed by atoms with E-state index >= 15 is 0 Å². The Labute approximate surface area is 103 Å². The summed E-state index contributed by atoms with van der Waals surface area (Å²) in [6.07, 6.45) is 0.864. The zero-order valence-corrected chi connectivity index (χ0v) is 9.98. The molecule has 0 aliphatic rings. The fourth-order valence-electron chi connectivity index (χ4n) is 1.62. The summed E-state index contributed by atoms with van der Waals surface area (Å²) < 4.78 is 21.6. The minimum atomic E-state index is -2.01. The van der Waals surface area contributed by atoms with Crippen molar-refractivity contribution in [2.24, 2.45) is 0 Å². The van der Waals surface area contributed by atoms with Crippen molar-refractivity contribution in [3.05, 3.63) is 65.7 Å². The molecule has 0 fully saturated rings. The summed E-state index contributed by atoms with van der Waals surface area (Å²) in [4.78, 5) is 0. The van der Waals surface area contributed by atoms with Gasteiger partial charge >= 0.3 is 0 Å². The first kappa shape index (κ1) is 11.8. The smallest absolute Gasteiger partial charge is 0.259 e. The molecule has 0 aromatic heterocycles. The third-order valence-electron chi connectivity index (χ3n) is 2.41. The summed E-state index contributed by atoms with van der Waals surface area (Å²) >= 11 is -2.01. The predicted octanol–water partition coefficient (Wildman–Crippen LogP) is 2.83. The van der Waals surface area contributed by atoms with Crippen LogP contribution in [0, 0.1) is 0 Å². The van der Waals surface area contributed by atoms with Gasteiger partial charge in [-0.15, -0.1) is 0 Å². The van der Waals surface area contributed by atoms with Gasteiger partial charge in [0.05, 0.1) is 0 Å². The lowest BCUT2D eigenvalue weighted by molar-refractivity contribution is 0.570. The molecule has 0 saturated heterocycles. The zero-order valence-electron chi connectivity index (χ0n) is 9.17. The van der Waals surface area contributed by atoms with Crippen LogP contribution in [0.5, 0.6) is 0 Å². The maximum Gasteiger partial charge on any atom is 0.259 e. The number of benzene rings is 2. The number of rotatable bonds is 4. The van der Waals surface area contributed by atoms with Gasteiger partial charge in [0.25, 0.3) is 11.3 Å². The van der Waals surface area contributed by atoms with Crippen LogP contribution in [0.2, 0.25) is 0 Å². The van der Waals surface area contributed by atoms with Gasteiger partial charge in [0.15, 0.2) is 0 Å². The van der Waals surface area contributed by atoms with Gasteiger partial charge in [0.2, 0.25) is 0 Å². The summed E-state index contributed by atoms with van der Waals surface area (Å²) in [6, 6.07) is 17.7. The highest BCUT2D eigenvalue weighted by atomic mass is 32.2. The highest BCUT2D eigenvalue weighted by molar-refractivity contribution is 7.80. The molecule has 4 heteroatoms. The molecule has 3 nitrogen and oxygen atoms in total. The Morgan fingerprint density at radius 3 is 2.12 bits per heavy atom. The van der Waals surface area contributed by atoms with Crippen molar-refractivity contribution in [3.8, 4) is 0 Å². The molecule has 0 radical (unpaired) electrons. The van der Waals surface area contributed by atoms with Gasteiger partial charge in [-0.2, -0.15) is 0 Å². The topological polar surface area (TPSA) is 49.3 Å². The molecule has 17 heavy (non-hydrogen) atoms. The normalized spacial score (nSPS) is 12.1. The maximum absolute atomic E-state index is 10.5. The molecule has 1 atom stereocenters. The molecule has 0 amide bonds. The van der Waals surface area contributed by atoms with E-state index in [2.05, 4.69) is 16.9 Å². The summed E-state index contributed by atoms with van der Waals surface area (Å²) in [6.45, 7) is 0. The molecule has 0 saturated carbocycles. The van der Waals surface area contributed by atoms with E-state index in [9.17, 15) is 4.21 Å². The lowest BCUT2D eigenvalue weighted by atomic mass is 10.1. The molecule has 0 aliphatic heterocycles. The Morgan fingerprint density at radius 1 is 0.941 bits per heavy atom. The summed E-state index contributed by atoms with van der Waals surface area (Å²) in [5, 5.41) is 0. The van der Waals surface area contributed by atoms with Gasteiger partial charge in [-0.1, -0.05) is 42.5 Å². The fraction of sp³-hybridized carbons (Fsp3) is 0.0769. The first-order valence-corrected chi connectivity index (χ1v) is 6.35. The Hall–Kier alpha value is -1.65. The first-order chi connectivity index (χ1) is 8.24. The van der Waals surface area contributed by atoms with Gasteiger partial charge in [-0.25, -0.2) is 4.21 Å². The molecule has 2 aromatic rings. The average Bonchev–Trinajstić information content (AvgIpc) is 2.32. The number of nitrogens with one attached hydrogen (secondary N) is 1. The molecule has 0 aliphatic carbocycles. The second-order valence-electron chi connectivity index (χ2n) is 3.71. The Morgan fingerprint density at radius 2 is 1.53 bits per heavy atom. The van der Waals surface area contributed by atoms with Crippen LogP contribution in [0.15, 0.2) is 54.6 Å². The van der Waals surface area contributed by atoms with Crippen LogP contribution in [0.25, 0.3) is 0 Å². The van der Waals surface area contributed by atoms with Crippen LogP contribution in [0.4, 0.5) is 5.69 Å². The van der Waals surface area contributed by atoms with Gasteiger partial charge in [0.1, 0.15) is 0 Å². The zero-order chi connectivity index (χ0) is 12.1. The van der Waals surface area contributed by atoms with E-state index in [-0.39, 0.29) is 0 Å². The third kappa shape index (κ3) is 3.69. The van der Waals surface area contributed by atoms with Crippen molar-refractivity contribution >= 4 is 17.0 Å². The van der Waals surface area contributed by atoms with Crippen LogP contribution in [0.1, 0.15) is 11.1 Å². The monoisotopic (exact) mass is 247 g/mol. The summed E-state index contributed by atoms with van der Waals surface area (Å²) in [5.41, 5.74) is 3.06. The number of anilines is 1. The SMILES string of the molecule is O=S(O)Nc1ccc(Cc2ccccc2)cc1. The quantitative estimate of drug-likeness (QED) is 0.816. The molecule has 0 bridgehead atoms. The van der Waals surface area contributed by atoms with Gasteiger partial charge in [-0.3, -0.25) is 9.27 Å². The van der Waals surface area contributed by atoms with Crippen LogP contribution >= 0.6 is 0 Å². The number of hydrogen-bond donors (Lipinski definition) is 2. The molecule has 0 spiro atoms. The van der Waals surface area contributed by atoms with E-state index in [1.54, 1.807) is 12.1 Å². The van der Waals surface area contributed by atoms with Crippen molar-refractivity contribution in [3.63, 3.8) is 0 Å². The lowest BCUT2D eigenvalue weighted by Gasteiger charge is -2.04. The first-order valence-electron chi connectivity index (χ1n) is 5.24. The van der Waals surface area contributed by atoms with Crippen LogP contribution in [-0.4, -0.2) is 8.76 Å². The van der Waals surface area contributed by atoms with E-state index < -0.39 is 11.3 Å². The Kier molecular flexibility index (Phi) is 3.90. The lowest BCUT2D eigenvalue weighted by Crippen LogP contribution is -2.01. The van der Waals surface area contributed by atoms with Gasteiger partial charge in [-0.05, 0) is 29.7 Å². The largest absolute Gasteiger partial charge is 0.289 e. The second-order valence-corrected chi connectivity index (χ2v) is 4.41. The van der Waals surface area contributed by atoms with E-state index in [4.69, 9.17) is 4.55 Å². The van der Waals surface area contributed by atoms with Crippen LogP contribution in [0.3, 0.4) is 0 Å². The van der Waals surface area contributed by atoms with E-state index in [0.29, 0.717) is 5.69 Å². The minimum absolute atomic E-state index is 0.641. The van der Waals surface area contributed by atoms with E-state index in [1.165, 1.54) is 11.1 Å². The summed E-state index contributed by atoms with van der Waals surface area (Å²) in [7, 11) is 0. The maximum atomic E-state index is 10.5.